The van der Waals surface area contributed by atoms with Gasteiger partial charge in [-0.05, 0) is 13.5 Å². The van der Waals surface area contributed by atoms with Gasteiger partial charge in [0.25, 0.3) is 0 Å². The number of oxime groups is 1. The van der Waals surface area contributed by atoms with Gasteiger partial charge in [-0.3, -0.25) is 0 Å². The SMILES string of the molecule is CC(=O)ON=CCC1=CCCN(C)C1. The van der Waals surface area contributed by atoms with Crippen LogP contribution in [0.25, 0.3) is 0 Å². The molecular formula is C10H16N2O2. The highest BCUT2D eigenvalue weighted by atomic mass is 16.7. The number of likely N-dealkylation sites (N-methyl/N-ethyl adjacent to an activating group) is 1. The van der Waals surface area contributed by atoms with Crippen molar-refractivity contribution in [3.05, 3.63) is 11.6 Å². The van der Waals surface area contributed by atoms with Crippen LogP contribution in [0.15, 0.2) is 16.8 Å². The Morgan fingerprint density at radius 2 is 2.57 bits per heavy atom. The minimum absolute atomic E-state index is 0.379. The average molecular weight is 196 g/mol. The minimum atomic E-state index is -0.379. The van der Waals surface area contributed by atoms with Crippen molar-refractivity contribution in [1.29, 1.82) is 0 Å². The number of rotatable bonds is 3. The summed E-state index contributed by atoms with van der Waals surface area (Å²) in [5, 5.41) is 3.56. The number of carbonyl (C=O) groups excluding carboxylic acids is 1. The molecule has 0 saturated heterocycles. The van der Waals surface area contributed by atoms with Crippen LogP contribution in [0.4, 0.5) is 0 Å². The number of hydrogen-bond donors (Lipinski definition) is 0. The molecule has 1 aliphatic rings. The van der Waals surface area contributed by atoms with Gasteiger partial charge >= 0.3 is 5.97 Å². The second-order valence-corrected chi connectivity index (χ2v) is 3.46. The maximum absolute atomic E-state index is 10.4. The van der Waals surface area contributed by atoms with E-state index in [2.05, 4.69) is 28.0 Å². The zero-order chi connectivity index (χ0) is 10.4. The monoisotopic (exact) mass is 196 g/mol. The summed E-state index contributed by atoms with van der Waals surface area (Å²) in [5.74, 6) is -0.379. The Morgan fingerprint density at radius 1 is 1.79 bits per heavy atom. The Morgan fingerprint density at radius 3 is 3.21 bits per heavy atom. The molecule has 0 aliphatic carbocycles. The highest BCUT2D eigenvalue weighted by Gasteiger charge is 2.06. The highest BCUT2D eigenvalue weighted by molar-refractivity contribution is 5.67. The van der Waals surface area contributed by atoms with Gasteiger partial charge in [-0.15, -0.1) is 0 Å². The molecule has 0 radical (unpaired) electrons. The Hall–Kier alpha value is -1.16. The molecule has 0 amide bonds. The van der Waals surface area contributed by atoms with Crippen LogP contribution >= 0.6 is 0 Å². The predicted molar refractivity (Wildman–Crippen MR) is 55.1 cm³/mol. The average Bonchev–Trinajstić information content (AvgIpc) is 2.12. The number of nitrogens with zero attached hydrogens (tertiary/aromatic N) is 2. The molecule has 78 valence electrons. The summed E-state index contributed by atoms with van der Waals surface area (Å²) < 4.78 is 0. The lowest BCUT2D eigenvalue weighted by Crippen LogP contribution is -2.25. The third-order valence-electron chi connectivity index (χ3n) is 2.03. The zero-order valence-electron chi connectivity index (χ0n) is 8.69. The molecule has 0 fully saturated rings. The van der Waals surface area contributed by atoms with Gasteiger partial charge in [0.1, 0.15) is 0 Å². The van der Waals surface area contributed by atoms with Crippen LogP contribution in [0.3, 0.4) is 0 Å². The molecule has 1 heterocycles. The molecule has 0 spiro atoms. The predicted octanol–water partition coefficient (Wildman–Crippen LogP) is 1.19. The topological polar surface area (TPSA) is 41.9 Å². The summed E-state index contributed by atoms with van der Waals surface area (Å²) in [6.45, 7) is 3.43. The maximum atomic E-state index is 10.4. The Bertz CT molecular complexity index is 259. The van der Waals surface area contributed by atoms with E-state index < -0.39 is 0 Å². The molecule has 4 nitrogen and oxygen atoms in total. The molecule has 1 rings (SSSR count). The molecule has 0 aromatic heterocycles. The van der Waals surface area contributed by atoms with Crippen molar-refractivity contribution in [2.45, 2.75) is 19.8 Å². The Labute approximate surface area is 84.2 Å². The highest BCUT2D eigenvalue weighted by Crippen LogP contribution is 2.09. The molecule has 0 saturated carbocycles. The zero-order valence-corrected chi connectivity index (χ0v) is 8.69. The lowest BCUT2D eigenvalue weighted by molar-refractivity contribution is -0.140. The van der Waals surface area contributed by atoms with Crippen LogP contribution in [0.2, 0.25) is 0 Å². The van der Waals surface area contributed by atoms with E-state index in [0.29, 0.717) is 0 Å². The van der Waals surface area contributed by atoms with Gasteiger partial charge in [0.2, 0.25) is 0 Å². The largest absolute Gasteiger partial charge is 0.331 e. The minimum Gasteiger partial charge on any atom is -0.319 e. The molecule has 1 aliphatic heterocycles. The number of carbonyl (C=O) groups is 1. The van der Waals surface area contributed by atoms with E-state index in [1.54, 1.807) is 6.21 Å². The summed E-state index contributed by atoms with van der Waals surface area (Å²) in [5.41, 5.74) is 1.33. The van der Waals surface area contributed by atoms with Crippen molar-refractivity contribution in [2.24, 2.45) is 5.16 Å². The Balaban J connectivity index is 2.27. The quantitative estimate of drug-likeness (QED) is 0.295. The summed E-state index contributed by atoms with van der Waals surface area (Å²) >= 11 is 0. The first-order valence-electron chi connectivity index (χ1n) is 4.74. The second-order valence-electron chi connectivity index (χ2n) is 3.46. The van der Waals surface area contributed by atoms with Crippen molar-refractivity contribution in [1.82, 2.24) is 4.90 Å². The molecule has 4 heteroatoms. The van der Waals surface area contributed by atoms with Gasteiger partial charge in [0, 0.05) is 32.6 Å². The van der Waals surface area contributed by atoms with Crippen molar-refractivity contribution < 1.29 is 9.63 Å². The van der Waals surface area contributed by atoms with Crippen molar-refractivity contribution >= 4 is 12.2 Å². The first kappa shape index (κ1) is 10.9. The molecule has 0 N–H and O–H groups in total. The normalized spacial score (nSPS) is 18.3. The number of hydrogen-bond acceptors (Lipinski definition) is 4. The Kier molecular flexibility index (Phi) is 4.32. The van der Waals surface area contributed by atoms with Gasteiger partial charge in [-0.2, -0.15) is 0 Å². The summed E-state index contributed by atoms with van der Waals surface area (Å²) in [7, 11) is 2.09. The van der Waals surface area contributed by atoms with Gasteiger partial charge in [-0.25, -0.2) is 4.79 Å². The van der Waals surface area contributed by atoms with Crippen LogP contribution in [-0.2, 0) is 9.63 Å². The van der Waals surface area contributed by atoms with E-state index in [-0.39, 0.29) is 5.97 Å². The van der Waals surface area contributed by atoms with E-state index in [0.717, 1.165) is 25.9 Å². The van der Waals surface area contributed by atoms with Crippen LogP contribution in [-0.4, -0.2) is 37.2 Å². The van der Waals surface area contributed by atoms with Gasteiger partial charge in [-0.1, -0.05) is 16.8 Å². The van der Waals surface area contributed by atoms with Gasteiger partial charge < -0.3 is 9.74 Å². The molecular weight excluding hydrogens is 180 g/mol. The fourth-order valence-corrected chi connectivity index (χ4v) is 1.39. The summed E-state index contributed by atoms with van der Waals surface area (Å²) in [6.07, 6.45) is 5.71. The third-order valence-corrected chi connectivity index (χ3v) is 2.03. The van der Waals surface area contributed by atoms with E-state index in [1.165, 1.54) is 12.5 Å². The van der Waals surface area contributed by atoms with Crippen LogP contribution in [0, 0.1) is 0 Å². The molecule has 0 bridgehead atoms. The van der Waals surface area contributed by atoms with E-state index in [4.69, 9.17) is 0 Å². The van der Waals surface area contributed by atoms with Crippen LogP contribution in [0.1, 0.15) is 19.8 Å². The lowest BCUT2D eigenvalue weighted by Gasteiger charge is -2.21. The van der Waals surface area contributed by atoms with Crippen LogP contribution in [0.5, 0.6) is 0 Å². The molecule has 14 heavy (non-hydrogen) atoms. The first-order valence-corrected chi connectivity index (χ1v) is 4.74. The van der Waals surface area contributed by atoms with Crippen molar-refractivity contribution in [2.75, 3.05) is 20.1 Å². The van der Waals surface area contributed by atoms with Crippen molar-refractivity contribution in [3.8, 4) is 0 Å². The van der Waals surface area contributed by atoms with Gasteiger partial charge in [0.05, 0.1) is 0 Å². The molecule has 0 aromatic rings. The fraction of sp³-hybridized carbons (Fsp3) is 0.600. The first-order chi connectivity index (χ1) is 6.68. The summed E-state index contributed by atoms with van der Waals surface area (Å²) in [6, 6.07) is 0. The third kappa shape index (κ3) is 4.18. The standard InChI is InChI=1S/C10H16N2O2/c1-9(13)14-11-6-5-10-4-3-7-12(2)8-10/h4,6H,3,5,7-8H2,1-2H3. The van der Waals surface area contributed by atoms with E-state index in [9.17, 15) is 4.79 Å². The summed E-state index contributed by atoms with van der Waals surface area (Å²) in [4.78, 5) is 17.1. The van der Waals surface area contributed by atoms with Crippen molar-refractivity contribution in [3.63, 3.8) is 0 Å². The van der Waals surface area contributed by atoms with Crippen LogP contribution < -0.4 is 0 Å². The molecule has 0 atom stereocenters. The molecule has 0 unspecified atom stereocenters. The van der Waals surface area contributed by atoms with E-state index in [1.807, 2.05) is 0 Å². The van der Waals surface area contributed by atoms with Gasteiger partial charge in [0.15, 0.2) is 0 Å². The van der Waals surface area contributed by atoms with E-state index >= 15 is 0 Å². The molecule has 0 aromatic carbocycles. The maximum Gasteiger partial charge on any atom is 0.331 e. The smallest absolute Gasteiger partial charge is 0.319 e. The fourth-order valence-electron chi connectivity index (χ4n) is 1.39. The second kappa shape index (κ2) is 5.54. The lowest BCUT2D eigenvalue weighted by atomic mass is 10.1.